The number of carboxylic acids is 1. The Balaban J connectivity index is 1.98. The summed E-state index contributed by atoms with van der Waals surface area (Å²) in [6, 6.07) is 10.7. The van der Waals surface area contributed by atoms with Crippen molar-refractivity contribution >= 4 is 28.5 Å². The highest BCUT2D eigenvalue weighted by Gasteiger charge is 2.12. The van der Waals surface area contributed by atoms with E-state index < -0.39 is 5.97 Å². The second-order valence-corrected chi connectivity index (χ2v) is 4.76. The van der Waals surface area contributed by atoms with E-state index in [0.717, 1.165) is 10.8 Å². The Morgan fingerprint density at radius 3 is 2.84 bits per heavy atom. The lowest BCUT2D eigenvalue weighted by Gasteiger charge is -2.01. The molecule has 94 valence electrons. The van der Waals surface area contributed by atoms with Gasteiger partial charge < -0.3 is 9.52 Å². The molecular formula is C13H8N2O3S. The van der Waals surface area contributed by atoms with Crippen LogP contribution in [0.25, 0.3) is 10.8 Å². The molecule has 0 saturated heterocycles. The van der Waals surface area contributed by atoms with Crippen LogP contribution in [0.15, 0.2) is 57.1 Å². The van der Waals surface area contributed by atoms with Crippen LogP contribution in [0.4, 0.5) is 0 Å². The molecule has 3 rings (SSSR count). The summed E-state index contributed by atoms with van der Waals surface area (Å²) in [5.41, 5.74) is 0. The normalized spacial score (nSPS) is 10.7. The molecule has 0 radical (unpaired) electrons. The minimum Gasteiger partial charge on any atom is -0.475 e. The van der Waals surface area contributed by atoms with E-state index in [1.807, 2.05) is 24.3 Å². The largest absolute Gasteiger partial charge is 0.475 e. The number of aromatic carboxylic acids is 1. The van der Waals surface area contributed by atoms with Gasteiger partial charge in [-0.3, -0.25) is 0 Å². The molecule has 0 bridgehead atoms. The van der Waals surface area contributed by atoms with Gasteiger partial charge in [0.25, 0.3) is 0 Å². The first kappa shape index (κ1) is 11.7. The summed E-state index contributed by atoms with van der Waals surface area (Å²) < 4.78 is 5.19. The van der Waals surface area contributed by atoms with Crippen LogP contribution >= 0.6 is 11.8 Å². The van der Waals surface area contributed by atoms with Gasteiger partial charge in [-0.15, -0.1) is 5.10 Å². The van der Waals surface area contributed by atoms with E-state index in [4.69, 9.17) is 9.52 Å². The van der Waals surface area contributed by atoms with E-state index in [0.29, 0.717) is 10.1 Å². The lowest BCUT2D eigenvalue weighted by Crippen LogP contribution is -1.91. The Morgan fingerprint density at radius 2 is 2.05 bits per heavy atom. The average Bonchev–Trinajstić information content (AvgIpc) is 2.88. The second-order valence-electron chi connectivity index (χ2n) is 3.76. The van der Waals surface area contributed by atoms with Crippen molar-refractivity contribution in [2.45, 2.75) is 10.1 Å². The number of aromatic nitrogens is 2. The molecule has 0 unspecified atom stereocenters. The van der Waals surface area contributed by atoms with E-state index >= 15 is 0 Å². The van der Waals surface area contributed by atoms with Crippen molar-refractivity contribution in [3.8, 4) is 0 Å². The molecule has 5 nitrogen and oxygen atoms in total. The van der Waals surface area contributed by atoms with Gasteiger partial charge in [-0.1, -0.05) is 24.3 Å². The Kier molecular flexibility index (Phi) is 2.92. The molecule has 0 atom stereocenters. The monoisotopic (exact) mass is 272 g/mol. The van der Waals surface area contributed by atoms with E-state index in [-0.39, 0.29) is 5.76 Å². The fourth-order valence-corrected chi connectivity index (χ4v) is 2.50. The van der Waals surface area contributed by atoms with Gasteiger partial charge in [0.15, 0.2) is 5.09 Å². The standard InChI is InChI=1S/C13H8N2O3S/c16-13(17)10-5-6-11(18-10)19-12-9-4-2-1-3-8(9)7-14-15-12/h1-7H,(H,16,17). The molecule has 19 heavy (non-hydrogen) atoms. The fraction of sp³-hybridized carbons (Fsp3) is 0. The quantitative estimate of drug-likeness (QED) is 0.789. The number of carbonyl (C=O) groups is 1. The number of furan rings is 1. The van der Waals surface area contributed by atoms with Crippen LogP contribution < -0.4 is 0 Å². The van der Waals surface area contributed by atoms with Crippen molar-refractivity contribution in [2.24, 2.45) is 0 Å². The predicted octanol–water partition coefficient (Wildman–Crippen LogP) is 3.07. The summed E-state index contributed by atoms with van der Waals surface area (Å²) in [6.45, 7) is 0. The summed E-state index contributed by atoms with van der Waals surface area (Å²) in [5, 5.41) is 19.9. The van der Waals surface area contributed by atoms with Crippen LogP contribution in [-0.4, -0.2) is 21.3 Å². The van der Waals surface area contributed by atoms with Crippen molar-refractivity contribution in [1.29, 1.82) is 0 Å². The molecule has 6 heteroatoms. The second kappa shape index (κ2) is 4.74. The van der Waals surface area contributed by atoms with Gasteiger partial charge in [-0.05, 0) is 23.9 Å². The highest BCUT2D eigenvalue weighted by molar-refractivity contribution is 7.99. The molecule has 0 aliphatic rings. The zero-order valence-electron chi connectivity index (χ0n) is 9.61. The predicted molar refractivity (Wildman–Crippen MR) is 69.3 cm³/mol. The van der Waals surface area contributed by atoms with Crippen molar-refractivity contribution in [3.63, 3.8) is 0 Å². The third-order valence-electron chi connectivity index (χ3n) is 2.53. The molecule has 0 fully saturated rings. The molecule has 0 aliphatic carbocycles. The molecular weight excluding hydrogens is 264 g/mol. The molecule has 0 spiro atoms. The van der Waals surface area contributed by atoms with Crippen LogP contribution in [0, 0.1) is 0 Å². The molecule has 0 aliphatic heterocycles. The smallest absolute Gasteiger partial charge is 0.371 e. The number of benzene rings is 1. The lowest BCUT2D eigenvalue weighted by atomic mass is 10.2. The first-order chi connectivity index (χ1) is 9.24. The minimum atomic E-state index is -1.09. The minimum absolute atomic E-state index is 0.0873. The van der Waals surface area contributed by atoms with E-state index in [9.17, 15) is 4.79 Å². The average molecular weight is 272 g/mol. The van der Waals surface area contributed by atoms with Crippen molar-refractivity contribution in [1.82, 2.24) is 10.2 Å². The molecule has 1 aromatic carbocycles. The van der Waals surface area contributed by atoms with Crippen molar-refractivity contribution < 1.29 is 14.3 Å². The molecule has 3 aromatic rings. The zero-order chi connectivity index (χ0) is 13.2. The molecule has 2 heterocycles. The Labute approximate surface area is 112 Å². The first-order valence-electron chi connectivity index (χ1n) is 5.45. The Hall–Kier alpha value is -2.34. The number of rotatable bonds is 3. The van der Waals surface area contributed by atoms with Gasteiger partial charge in [-0.25, -0.2) is 4.79 Å². The number of carboxylic acid groups (broad SMARTS) is 1. The van der Waals surface area contributed by atoms with E-state index in [2.05, 4.69) is 10.2 Å². The van der Waals surface area contributed by atoms with Crippen LogP contribution in [-0.2, 0) is 0 Å². The van der Waals surface area contributed by atoms with Gasteiger partial charge in [0.1, 0.15) is 5.03 Å². The van der Waals surface area contributed by atoms with Gasteiger partial charge in [0, 0.05) is 10.8 Å². The maximum Gasteiger partial charge on any atom is 0.371 e. The van der Waals surface area contributed by atoms with Crippen LogP contribution in [0.5, 0.6) is 0 Å². The van der Waals surface area contributed by atoms with Gasteiger partial charge >= 0.3 is 5.97 Å². The third kappa shape index (κ3) is 2.30. The summed E-state index contributed by atoms with van der Waals surface area (Å²) in [4.78, 5) is 10.7. The summed E-state index contributed by atoms with van der Waals surface area (Å²) in [7, 11) is 0. The van der Waals surface area contributed by atoms with Gasteiger partial charge in [-0.2, -0.15) is 5.10 Å². The topological polar surface area (TPSA) is 76.2 Å². The van der Waals surface area contributed by atoms with Crippen LogP contribution in [0.2, 0.25) is 0 Å². The van der Waals surface area contributed by atoms with Crippen LogP contribution in [0.3, 0.4) is 0 Å². The SMILES string of the molecule is O=C(O)c1ccc(Sc2nncc3ccccc23)o1. The number of hydrogen-bond acceptors (Lipinski definition) is 5. The maximum atomic E-state index is 10.7. The Morgan fingerprint density at radius 1 is 1.21 bits per heavy atom. The highest BCUT2D eigenvalue weighted by atomic mass is 32.2. The fourth-order valence-electron chi connectivity index (χ4n) is 1.66. The zero-order valence-corrected chi connectivity index (χ0v) is 10.4. The molecule has 0 saturated carbocycles. The highest BCUT2D eigenvalue weighted by Crippen LogP contribution is 2.32. The van der Waals surface area contributed by atoms with Crippen molar-refractivity contribution in [3.05, 3.63) is 48.4 Å². The molecule has 0 amide bonds. The number of fused-ring (bicyclic) bond motifs is 1. The first-order valence-corrected chi connectivity index (χ1v) is 6.27. The van der Waals surface area contributed by atoms with Crippen LogP contribution in [0.1, 0.15) is 10.6 Å². The molecule has 1 N–H and O–H groups in total. The lowest BCUT2D eigenvalue weighted by molar-refractivity contribution is 0.0656. The Bertz CT molecular complexity index is 749. The number of nitrogens with zero attached hydrogens (tertiary/aromatic N) is 2. The number of hydrogen-bond donors (Lipinski definition) is 1. The van der Waals surface area contributed by atoms with E-state index in [1.165, 1.54) is 17.8 Å². The third-order valence-corrected chi connectivity index (χ3v) is 3.44. The van der Waals surface area contributed by atoms with Gasteiger partial charge in [0.05, 0.1) is 6.20 Å². The summed E-state index contributed by atoms with van der Waals surface area (Å²) >= 11 is 1.25. The summed E-state index contributed by atoms with van der Waals surface area (Å²) in [5.74, 6) is -1.17. The summed E-state index contributed by atoms with van der Waals surface area (Å²) in [6.07, 6.45) is 1.68. The van der Waals surface area contributed by atoms with Crippen molar-refractivity contribution in [2.75, 3.05) is 0 Å². The van der Waals surface area contributed by atoms with E-state index in [1.54, 1.807) is 12.3 Å². The molecule has 2 aromatic heterocycles. The van der Waals surface area contributed by atoms with Gasteiger partial charge in [0.2, 0.25) is 5.76 Å². The maximum absolute atomic E-state index is 10.7.